The molecule has 1 aromatic heterocycles. The number of benzene rings is 2. The number of aryl methyl sites for hydroxylation is 3. The van der Waals surface area contributed by atoms with Gasteiger partial charge in [-0.2, -0.15) is 0 Å². The number of hydrogen-bond donors (Lipinski definition) is 1. The summed E-state index contributed by atoms with van der Waals surface area (Å²) in [6.45, 7) is 7.99. The van der Waals surface area contributed by atoms with E-state index >= 15 is 0 Å². The summed E-state index contributed by atoms with van der Waals surface area (Å²) in [5, 5.41) is 4.45. The number of carbonyl (C=O) groups excluding carboxylic acids is 1. The molecule has 0 atom stereocenters. The fourth-order valence-electron chi connectivity index (χ4n) is 3.93. The molecule has 0 bridgehead atoms. The van der Waals surface area contributed by atoms with Crippen LogP contribution in [0, 0.1) is 20.8 Å². The van der Waals surface area contributed by atoms with E-state index in [1.165, 1.54) is 13.0 Å². The van der Waals surface area contributed by atoms with Gasteiger partial charge < -0.3 is 4.90 Å². The first-order chi connectivity index (χ1) is 14.1. The Hall–Kier alpha value is -3.13. The van der Waals surface area contributed by atoms with Crippen molar-refractivity contribution in [2.45, 2.75) is 39.0 Å². The van der Waals surface area contributed by atoms with Crippen LogP contribution in [0.1, 0.15) is 29.3 Å². The molecule has 0 aliphatic carbocycles. The van der Waals surface area contributed by atoms with Crippen LogP contribution in [0.25, 0.3) is 5.69 Å². The van der Waals surface area contributed by atoms with Crippen LogP contribution in [0.2, 0.25) is 0 Å². The molecule has 2 heterocycles. The summed E-state index contributed by atoms with van der Waals surface area (Å²) in [6.07, 6.45) is 0.638. The molecular formula is C22H24N4O3S. The number of fused-ring (bicyclic) bond motifs is 1. The standard InChI is InChI=1S/C22H24N4O3S/c1-14-9-15(2)11-19(10-14)26-16(3)12-22(23-26)24-30(28,29)20-5-6-21-18(13-20)7-8-25(21)17(4)27/h5-6,9-13H,7-8H2,1-4H3,(H,23,24). The van der Waals surface area contributed by atoms with Gasteiger partial charge in [0.25, 0.3) is 10.0 Å². The van der Waals surface area contributed by atoms with Gasteiger partial charge in [0.2, 0.25) is 5.91 Å². The second-order valence-electron chi connectivity index (χ2n) is 7.75. The van der Waals surface area contributed by atoms with Gasteiger partial charge in [-0.25, -0.2) is 13.1 Å². The molecule has 0 unspecified atom stereocenters. The molecule has 8 heteroatoms. The average Bonchev–Trinajstić information content (AvgIpc) is 3.23. The molecule has 1 aliphatic rings. The van der Waals surface area contributed by atoms with E-state index in [0.29, 0.717) is 13.0 Å². The number of anilines is 2. The van der Waals surface area contributed by atoms with Gasteiger partial charge >= 0.3 is 0 Å². The molecule has 3 aromatic rings. The number of nitrogens with one attached hydrogen (secondary N) is 1. The number of carbonyl (C=O) groups is 1. The molecule has 0 radical (unpaired) electrons. The summed E-state index contributed by atoms with van der Waals surface area (Å²) in [7, 11) is -3.80. The third kappa shape index (κ3) is 3.70. The van der Waals surface area contributed by atoms with E-state index in [0.717, 1.165) is 33.8 Å². The highest BCUT2D eigenvalue weighted by Crippen LogP contribution is 2.31. The Labute approximate surface area is 176 Å². The van der Waals surface area contributed by atoms with Gasteiger partial charge in [-0.1, -0.05) is 6.07 Å². The molecule has 0 saturated carbocycles. The fourth-order valence-corrected chi connectivity index (χ4v) is 4.97. The minimum Gasteiger partial charge on any atom is -0.312 e. The maximum Gasteiger partial charge on any atom is 0.263 e. The van der Waals surface area contributed by atoms with Crippen molar-refractivity contribution >= 4 is 27.4 Å². The number of nitrogens with zero attached hydrogens (tertiary/aromatic N) is 3. The zero-order valence-corrected chi connectivity index (χ0v) is 18.2. The summed E-state index contributed by atoms with van der Waals surface area (Å²) in [5.41, 5.74) is 5.56. The Kier molecular flexibility index (Phi) is 4.89. The molecule has 30 heavy (non-hydrogen) atoms. The molecule has 1 aliphatic heterocycles. The highest BCUT2D eigenvalue weighted by atomic mass is 32.2. The molecule has 4 rings (SSSR count). The first kappa shape index (κ1) is 20.2. The van der Waals surface area contributed by atoms with E-state index in [2.05, 4.69) is 15.9 Å². The van der Waals surface area contributed by atoms with Crippen LogP contribution in [0.4, 0.5) is 11.5 Å². The smallest absolute Gasteiger partial charge is 0.263 e. The Balaban J connectivity index is 1.63. The maximum atomic E-state index is 12.9. The first-order valence-corrected chi connectivity index (χ1v) is 11.2. The number of rotatable bonds is 4. The molecule has 2 aromatic carbocycles. The van der Waals surface area contributed by atoms with Crippen LogP contribution in [0.15, 0.2) is 47.4 Å². The van der Waals surface area contributed by atoms with E-state index in [1.807, 2.05) is 32.9 Å². The summed E-state index contributed by atoms with van der Waals surface area (Å²) in [6, 6.07) is 12.6. The van der Waals surface area contributed by atoms with Gasteiger partial charge in [0.15, 0.2) is 5.82 Å². The fraction of sp³-hybridized carbons (Fsp3) is 0.273. The Morgan fingerprint density at radius 2 is 1.73 bits per heavy atom. The van der Waals surface area contributed by atoms with Gasteiger partial charge in [0, 0.05) is 30.9 Å². The molecule has 0 saturated heterocycles. The lowest BCUT2D eigenvalue weighted by Crippen LogP contribution is -2.25. The normalized spacial score (nSPS) is 13.4. The lowest BCUT2D eigenvalue weighted by Gasteiger charge is -2.15. The maximum absolute atomic E-state index is 12.9. The Bertz CT molecular complexity index is 1240. The van der Waals surface area contributed by atoms with Gasteiger partial charge in [0.05, 0.1) is 10.6 Å². The molecule has 1 N–H and O–H groups in total. The number of sulfonamides is 1. The molecule has 7 nitrogen and oxygen atoms in total. The second-order valence-corrected chi connectivity index (χ2v) is 9.43. The number of amides is 1. The summed E-state index contributed by atoms with van der Waals surface area (Å²) < 4.78 is 30.2. The average molecular weight is 425 g/mol. The Morgan fingerprint density at radius 1 is 1.03 bits per heavy atom. The van der Waals surface area contributed by atoms with Crippen LogP contribution < -0.4 is 9.62 Å². The van der Waals surface area contributed by atoms with E-state index in [1.54, 1.807) is 27.8 Å². The topological polar surface area (TPSA) is 84.3 Å². The monoisotopic (exact) mass is 424 g/mol. The van der Waals surface area contributed by atoms with Crippen molar-refractivity contribution in [1.29, 1.82) is 0 Å². The molecule has 0 fully saturated rings. The lowest BCUT2D eigenvalue weighted by atomic mass is 10.1. The van der Waals surface area contributed by atoms with Gasteiger partial charge in [0.1, 0.15) is 0 Å². The van der Waals surface area contributed by atoms with E-state index in [9.17, 15) is 13.2 Å². The zero-order valence-electron chi connectivity index (χ0n) is 17.4. The van der Waals surface area contributed by atoms with Crippen LogP contribution in [0.3, 0.4) is 0 Å². The van der Waals surface area contributed by atoms with E-state index in [4.69, 9.17) is 0 Å². The van der Waals surface area contributed by atoms with Gasteiger partial charge in [-0.3, -0.25) is 9.52 Å². The molecule has 1 amide bonds. The van der Waals surface area contributed by atoms with Crippen LogP contribution >= 0.6 is 0 Å². The van der Waals surface area contributed by atoms with Crippen molar-refractivity contribution in [3.63, 3.8) is 0 Å². The zero-order chi connectivity index (χ0) is 21.6. The van der Waals surface area contributed by atoms with Crippen LogP contribution in [0.5, 0.6) is 0 Å². The minimum atomic E-state index is -3.80. The molecule has 0 spiro atoms. The second kappa shape index (κ2) is 7.28. The number of aromatic nitrogens is 2. The lowest BCUT2D eigenvalue weighted by molar-refractivity contribution is -0.116. The summed E-state index contributed by atoms with van der Waals surface area (Å²) >= 11 is 0. The summed E-state index contributed by atoms with van der Waals surface area (Å²) in [4.78, 5) is 13.5. The number of hydrogen-bond acceptors (Lipinski definition) is 4. The van der Waals surface area contributed by atoms with Crippen molar-refractivity contribution in [1.82, 2.24) is 9.78 Å². The predicted octanol–water partition coefficient (Wildman–Crippen LogP) is 3.51. The Morgan fingerprint density at radius 3 is 2.40 bits per heavy atom. The first-order valence-electron chi connectivity index (χ1n) is 9.73. The van der Waals surface area contributed by atoms with Crippen LogP contribution in [-0.2, 0) is 21.2 Å². The van der Waals surface area contributed by atoms with Crippen molar-refractivity contribution in [3.05, 3.63) is 64.8 Å². The highest BCUT2D eigenvalue weighted by molar-refractivity contribution is 7.92. The van der Waals surface area contributed by atoms with Crippen molar-refractivity contribution in [2.24, 2.45) is 0 Å². The van der Waals surface area contributed by atoms with E-state index < -0.39 is 10.0 Å². The SMILES string of the molecule is CC(=O)N1CCc2cc(S(=O)(=O)Nc3cc(C)n(-c4cc(C)cc(C)c4)n3)ccc21. The van der Waals surface area contributed by atoms with Crippen molar-refractivity contribution < 1.29 is 13.2 Å². The van der Waals surface area contributed by atoms with E-state index in [-0.39, 0.29) is 16.6 Å². The third-order valence-electron chi connectivity index (χ3n) is 5.21. The van der Waals surface area contributed by atoms with Gasteiger partial charge in [-0.15, -0.1) is 5.10 Å². The van der Waals surface area contributed by atoms with Gasteiger partial charge in [-0.05, 0) is 74.2 Å². The largest absolute Gasteiger partial charge is 0.312 e. The molecule has 156 valence electrons. The third-order valence-corrected chi connectivity index (χ3v) is 6.57. The van der Waals surface area contributed by atoms with Crippen molar-refractivity contribution in [3.8, 4) is 5.69 Å². The molecular weight excluding hydrogens is 400 g/mol. The summed E-state index contributed by atoms with van der Waals surface area (Å²) in [5.74, 6) is 0.215. The predicted molar refractivity (Wildman–Crippen MR) is 117 cm³/mol. The van der Waals surface area contributed by atoms with Crippen molar-refractivity contribution in [2.75, 3.05) is 16.2 Å². The highest BCUT2D eigenvalue weighted by Gasteiger charge is 2.25. The quantitative estimate of drug-likeness (QED) is 0.695. The van der Waals surface area contributed by atoms with Crippen LogP contribution in [-0.4, -0.2) is 30.7 Å². The minimum absolute atomic E-state index is 0.0464.